The van der Waals surface area contributed by atoms with Crippen molar-refractivity contribution in [3.05, 3.63) is 12.7 Å². The van der Waals surface area contributed by atoms with Crippen LogP contribution in [0.2, 0.25) is 0 Å². The third kappa shape index (κ3) is 3.37. The number of hydrogen-bond donors (Lipinski definition) is 0. The Labute approximate surface area is 93.3 Å². The number of hydrogen-bond acceptors (Lipinski definition) is 1. The van der Waals surface area contributed by atoms with E-state index in [1.807, 2.05) is 11.0 Å². The van der Waals surface area contributed by atoms with Gasteiger partial charge in [-0.15, -0.1) is 6.58 Å². The van der Waals surface area contributed by atoms with Crippen molar-refractivity contribution in [2.45, 2.75) is 46.1 Å². The van der Waals surface area contributed by atoms with Crippen molar-refractivity contribution in [2.24, 2.45) is 11.8 Å². The number of rotatable bonds is 5. The van der Waals surface area contributed by atoms with Gasteiger partial charge in [0, 0.05) is 24.9 Å². The summed E-state index contributed by atoms with van der Waals surface area (Å²) in [7, 11) is 0. The smallest absolute Gasteiger partial charge is 0.223 e. The van der Waals surface area contributed by atoms with Gasteiger partial charge in [0.2, 0.25) is 5.91 Å². The molecule has 0 bridgehead atoms. The van der Waals surface area contributed by atoms with E-state index in [0.29, 0.717) is 24.3 Å². The van der Waals surface area contributed by atoms with Crippen LogP contribution in [-0.4, -0.2) is 23.4 Å². The maximum atomic E-state index is 11.7. The molecule has 0 aromatic carbocycles. The van der Waals surface area contributed by atoms with Gasteiger partial charge in [-0.25, -0.2) is 0 Å². The Bertz CT molecular complexity index is 235. The van der Waals surface area contributed by atoms with Crippen molar-refractivity contribution < 1.29 is 4.79 Å². The van der Waals surface area contributed by atoms with Crippen LogP contribution >= 0.6 is 0 Å². The second-order valence-electron chi connectivity index (χ2n) is 5.07. The number of likely N-dealkylation sites (tertiary alicyclic amines) is 1. The Kier molecular flexibility index (Phi) is 4.37. The molecular formula is C13H23NO. The lowest BCUT2D eigenvalue weighted by Gasteiger charge is -2.25. The normalized spacial score (nSPS) is 23.6. The number of nitrogens with zero attached hydrogens (tertiary/aromatic N) is 1. The van der Waals surface area contributed by atoms with Crippen molar-refractivity contribution in [3.8, 4) is 0 Å². The van der Waals surface area contributed by atoms with Gasteiger partial charge in [0.05, 0.1) is 0 Å². The summed E-state index contributed by atoms with van der Waals surface area (Å²) in [6.07, 6.45) is 4.89. The zero-order valence-corrected chi connectivity index (χ0v) is 10.2. The van der Waals surface area contributed by atoms with Crippen LogP contribution in [0.1, 0.15) is 40.0 Å². The van der Waals surface area contributed by atoms with Crippen LogP contribution in [0.5, 0.6) is 0 Å². The van der Waals surface area contributed by atoms with E-state index in [-0.39, 0.29) is 0 Å². The average Bonchev–Trinajstić information content (AvgIpc) is 2.56. The first-order valence-electron chi connectivity index (χ1n) is 5.96. The molecule has 1 amide bonds. The third-order valence-corrected chi connectivity index (χ3v) is 3.22. The molecule has 1 aliphatic rings. The van der Waals surface area contributed by atoms with Gasteiger partial charge in [0.1, 0.15) is 0 Å². The van der Waals surface area contributed by atoms with Crippen LogP contribution in [0, 0.1) is 11.8 Å². The van der Waals surface area contributed by atoms with E-state index in [4.69, 9.17) is 0 Å². The van der Waals surface area contributed by atoms with Crippen LogP contribution in [-0.2, 0) is 4.79 Å². The maximum absolute atomic E-state index is 11.7. The average molecular weight is 209 g/mol. The molecule has 0 saturated carbocycles. The number of carbonyl (C=O) groups is 1. The minimum Gasteiger partial charge on any atom is -0.339 e. The van der Waals surface area contributed by atoms with Crippen molar-refractivity contribution >= 4 is 5.91 Å². The highest BCUT2D eigenvalue weighted by Crippen LogP contribution is 2.23. The van der Waals surface area contributed by atoms with Gasteiger partial charge in [-0.2, -0.15) is 0 Å². The fraction of sp³-hybridized carbons (Fsp3) is 0.769. The second kappa shape index (κ2) is 5.34. The lowest BCUT2D eigenvalue weighted by Crippen LogP contribution is -2.34. The predicted octanol–water partition coefficient (Wildman–Crippen LogP) is 2.85. The molecule has 2 atom stereocenters. The van der Waals surface area contributed by atoms with Gasteiger partial charge in [-0.1, -0.05) is 19.9 Å². The molecule has 1 aliphatic heterocycles. The van der Waals surface area contributed by atoms with Crippen LogP contribution in [0.3, 0.4) is 0 Å². The maximum Gasteiger partial charge on any atom is 0.223 e. The van der Waals surface area contributed by atoms with E-state index in [2.05, 4.69) is 27.4 Å². The highest BCUT2D eigenvalue weighted by atomic mass is 16.2. The SMILES string of the molecule is C=CC1CC(=O)N(C(C)CCC(C)C)C1. The molecule has 2 heteroatoms. The Morgan fingerprint density at radius 2 is 2.13 bits per heavy atom. The largest absolute Gasteiger partial charge is 0.339 e. The quantitative estimate of drug-likeness (QED) is 0.638. The molecule has 1 saturated heterocycles. The molecule has 0 radical (unpaired) electrons. The van der Waals surface area contributed by atoms with Crippen molar-refractivity contribution in [3.63, 3.8) is 0 Å². The summed E-state index contributed by atoms with van der Waals surface area (Å²) >= 11 is 0. The molecule has 0 aromatic heterocycles. The molecular weight excluding hydrogens is 186 g/mol. The molecule has 86 valence electrons. The monoisotopic (exact) mass is 209 g/mol. The molecule has 0 aliphatic carbocycles. The number of amides is 1. The van der Waals surface area contributed by atoms with Gasteiger partial charge in [-0.05, 0) is 25.7 Å². The third-order valence-electron chi connectivity index (χ3n) is 3.22. The van der Waals surface area contributed by atoms with Crippen LogP contribution in [0.15, 0.2) is 12.7 Å². The zero-order chi connectivity index (χ0) is 11.4. The number of carbonyl (C=O) groups excluding carboxylic acids is 1. The topological polar surface area (TPSA) is 20.3 Å². The summed E-state index contributed by atoms with van der Waals surface area (Å²) in [5, 5.41) is 0. The minimum absolute atomic E-state index is 0.302. The Balaban J connectivity index is 2.42. The zero-order valence-electron chi connectivity index (χ0n) is 10.2. The van der Waals surface area contributed by atoms with E-state index >= 15 is 0 Å². The molecule has 2 unspecified atom stereocenters. The summed E-state index contributed by atoms with van der Waals surface area (Å²) in [6, 6.07) is 0.393. The van der Waals surface area contributed by atoms with Gasteiger partial charge >= 0.3 is 0 Å². The lowest BCUT2D eigenvalue weighted by atomic mass is 10.0. The summed E-state index contributed by atoms with van der Waals surface area (Å²) in [4.78, 5) is 13.7. The fourth-order valence-corrected chi connectivity index (χ4v) is 2.07. The highest BCUT2D eigenvalue weighted by molar-refractivity contribution is 5.79. The van der Waals surface area contributed by atoms with Crippen molar-refractivity contribution in [2.75, 3.05) is 6.54 Å². The van der Waals surface area contributed by atoms with Gasteiger partial charge < -0.3 is 4.90 Å². The summed E-state index contributed by atoms with van der Waals surface area (Å²) in [6.45, 7) is 11.3. The Hall–Kier alpha value is -0.790. The summed E-state index contributed by atoms with van der Waals surface area (Å²) in [5.74, 6) is 1.40. The molecule has 1 rings (SSSR count). The standard InChI is InChI=1S/C13H23NO/c1-5-12-8-13(15)14(9-12)11(4)7-6-10(2)3/h5,10-12H,1,6-9H2,2-4H3. The molecule has 0 N–H and O–H groups in total. The molecule has 0 aromatic rings. The molecule has 1 heterocycles. The van der Waals surface area contributed by atoms with Gasteiger partial charge in [0.15, 0.2) is 0 Å². The Morgan fingerprint density at radius 1 is 1.47 bits per heavy atom. The van der Waals surface area contributed by atoms with E-state index in [9.17, 15) is 4.79 Å². The Morgan fingerprint density at radius 3 is 2.60 bits per heavy atom. The summed E-state index contributed by atoms with van der Waals surface area (Å²) in [5.41, 5.74) is 0. The summed E-state index contributed by atoms with van der Waals surface area (Å²) < 4.78 is 0. The highest BCUT2D eigenvalue weighted by Gasteiger charge is 2.30. The lowest BCUT2D eigenvalue weighted by molar-refractivity contribution is -0.129. The molecule has 2 nitrogen and oxygen atoms in total. The molecule has 15 heavy (non-hydrogen) atoms. The van der Waals surface area contributed by atoms with Crippen molar-refractivity contribution in [1.29, 1.82) is 0 Å². The fourth-order valence-electron chi connectivity index (χ4n) is 2.07. The van der Waals surface area contributed by atoms with E-state index in [0.717, 1.165) is 18.9 Å². The van der Waals surface area contributed by atoms with Crippen molar-refractivity contribution in [1.82, 2.24) is 4.90 Å². The first-order valence-corrected chi connectivity index (χ1v) is 5.96. The van der Waals surface area contributed by atoms with Gasteiger partial charge in [0.25, 0.3) is 0 Å². The van der Waals surface area contributed by atoms with Gasteiger partial charge in [-0.3, -0.25) is 4.79 Å². The second-order valence-corrected chi connectivity index (χ2v) is 5.07. The first kappa shape index (κ1) is 12.3. The van der Waals surface area contributed by atoms with E-state index in [1.54, 1.807) is 0 Å². The predicted molar refractivity (Wildman–Crippen MR) is 63.6 cm³/mol. The van der Waals surface area contributed by atoms with Crippen LogP contribution in [0.4, 0.5) is 0 Å². The van der Waals surface area contributed by atoms with Crippen LogP contribution in [0.25, 0.3) is 0 Å². The van der Waals surface area contributed by atoms with Crippen LogP contribution < -0.4 is 0 Å². The van der Waals surface area contributed by atoms with E-state index < -0.39 is 0 Å². The minimum atomic E-state index is 0.302. The first-order chi connectivity index (χ1) is 7.04. The van der Waals surface area contributed by atoms with E-state index in [1.165, 1.54) is 6.42 Å². The molecule has 0 spiro atoms. The molecule has 1 fully saturated rings.